The van der Waals surface area contributed by atoms with E-state index in [1.54, 1.807) is 0 Å². The Morgan fingerprint density at radius 2 is 0.597 bits per heavy atom. The highest BCUT2D eigenvalue weighted by Crippen LogP contribution is 2.40. The highest BCUT2D eigenvalue weighted by molar-refractivity contribution is 5.91. The van der Waals surface area contributed by atoms with Crippen molar-refractivity contribution in [1.29, 1.82) is 0 Å². The molecule has 0 N–H and O–H groups in total. The van der Waals surface area contributed by atoms with Crippen molar-refractivity contribution in [3.05, 3.63) is 230 Å². The van der Waals surface area contributed by atoms with Gasteiger partial charge in [-0.2, -0.15) is 0 Å². The van der Waals surface area contributed by atoms with Crippen molar-refractivity contribution in [2.45, 2.75) is 0 Å². The normalized spacial score (nSPS) is 10.9. The molecule has 0 aliphatic heterocycles. The zero-order chi connectivity index (χ0) is 41.7. The monoisotopic (exact) mass is 790 g/mol. The van der Waals surface area contributed by atoms with Gasteiger partial charge in [-0.25, -0.2) is 0 Å². The lowest BCUT2D eigenvalue weighted by Crippen LogP contribution is -1.95. The molecule has 0 spiro atoms. The first-order valence-electron chi connectivity index (χ1n) is 20.6. The van der Waals surface area contributed by atoms with Gasteiger partial charge in [0.05, 0.1) is 22.8 Å². The van der Waals surface area contributed by atoms with Gasteiger partial charge in [-0.3, -0.25) is 0 Å². The summed E-state index contributed by atoms with van der Waals surface area (Å²) in [4.78, 5) is 0. The van der Waals surface area contributed by atoms with E-state index in [1.165, 1.54) is 11.1 Å². The highest BCUT2D eigenvalue weighted by Gasteiger charge is 2.16. The van der Waals surface area contributed by atoms with Crippen LogP contribution in [0, 0.1) is 12.3 Å². The molecule has 0 unspecified atom stereocenters. The van der Waals surface area contributed by atoms with Gasteiger partial charge in [-0.05, 0) is 110 Å². The number of nitrogens with zero attached hydrogens (tertiary/aromatic N) is 4. The van der Waals surface area contributed by atoms with Crippen molar-refractivity contribution in [2.75, 3.05) is 0 Å². The summed E-state index contributed by atoms with van der Waals surface area (Å²) in [5, 5.41) is 19.0. The molecule has 0 aliphatic carbocycles. The van der Waals surface area contributed by atoms with Crippen LogP contribution < -0.4 is 0 Å². The lowest BCUT2D eigenvalue weighted by molar-refractivity contribution is 1.04. The maximum absolute atomic E-state index is 5.89. The van der Waals surface area contributed by atoms with E-state index in [0.717, 1.165) is 95.1 Å². The molecule has 2 heterocycles. The fourth-order valence-electron chi connectivity index (χ4n) is 8.00. The summed E-state index contributed by atoms with van der Waals surface area (Å²) in [7, 11) is 0. The summed E-state index contributed by atoms with van der Waals surface area (Å²) in [6, 6.07) is 77.5. The summed E-state index contributed by atoms with van der Waals surface area (Å²) in [5.74, 6) is 2.81. The smallest absolute Gasteiger partial charge is 0.0936 e. The average molecular weight is 791 g/mol. The number of hydrogen-bond donors (Lipinski definition) is 0. The zero-order valence-corrected chi connectivity index (χ0v) is 33.7. The third-order valence-electron chi connectivity index (χ3n) is 11.2. The molecular formula is C58H38N4. The molecule has 8 aromatic carbocycles. The van der Waals surface area contributed by atoms with E-state index in [0.29, 0.717) is 0 Å². The Hall–Kier alpha value is -8.52. The van der Waals surface area contributed by atoms with Crippen LogP contribution in [0.25, 0.3) is 101 Å². The second-order valence-electron chi connectivity index (χ2n) is 15.1. The largest absolute Gasteiger partial charge is 0.150 e. The lowest BCUT2D eigenvalue weighted by atomic mass is 9.89. The third-order valence-corrected chi connectivity index (χ3v) is 11.2. The van der Waals surface area contributed by atoms with Gasteiger partial charge in [0.25, 0.3) is 0 Å². The van der Waals surface area contributed by atoms with Gasteiger partial charge in [0, 0.05) is 27.8 Å². The Balaban J connectivity index is 1.01. The van der Waals surface area contributed by atoms with Crippen LogP contribution in [0.15, 0.2) is 224 Å². The van der Waals surface area contributed by atoms with E-state index in [9.17, 15) is 0 Å². The molecule has 0 radical (unpaired) electrons. The van der Waals surface area contributed by atoms with E-state index in [-0.39, 0.29) is 0 Å². The fraction of sp³-hybridized carbons (Fsp3) is 0. The first-order chi connectivity index (χ1) is 30.7. The molecule has 0 atom stereocenters. The number of rotatable bonds is 9. The van der Waals surface area contributed by atoms with E-state index in [4.69, 9.17) is 26.8 Å². The van der Waals surface area contributed by atoms with Gasteiger partial charge in [-0.1, -0.05) is 176 Å². The van der Waals surface area contributed by atoms with Crippen molar-refractivity contribution in [2.24, 2.45) is 0 Å². The van der Waals surface area contributed by atoms with Gasteiger partial charge in [0.15, 0.2) is 0 Å². The topological polar surface area (TPSA) is 51.6 Å². The predicted molar refractivity (Wildman–Crippen MR) is 254 cm³/mol. The minimum atomic E-state index is 0.789. The zero-order valence-electron chi connectivity index (χ0n) is 33.7. The summed E-state index contributed by atoms with van der Waals surface area (Å²) >= 11 is 0. The SMILES string of the molecule is C#Cc1cccc(-c2cc(-c3ccccc3-c3ccc(-c4ccc(-c5ccccc5)cc4)nn3)cc(-c3ccccc3-c3ccc(-c4ccc(-c5ccccc5)cc4)nn3)c2)c1. The molecule has 4 heteroatoms. The first-order valence-corrected chi connectivity index (χ1v) is 20.6. The van der Waals surface area contributed by atoms with Gasteiger partial charge < -0.3 is 0 Å². The molecule has 0 amide bonds. The number of hydrogen-bond acceptors (Lipinski definition) is 4. The molecule has 0 bridgehead atoms. The molecule has 4 nitrogen and oxygen atoms in total. The average Bonchev–Trinajstić information content (AvgIpc) is 3.37. The summed E-state index contributed by atoms with van der Waals surface area (Å²) < 4.78 is 0. The second kappa shape index (κ2) is 17.0. The number of benzene rings is 8. The van der Waals surface area contributed by atoms with E-state index < -0.39 is 0 Å². The first kappa shape index (κ1) is 37.7. The summed E-state index contributed by atoms with van der Waals surface area (Å²) in [6.07, 6.45) is 5.89. The van der Waals surface area contributed by atoms with Gasteiger partial charge in [0.1, 0.15) is 0 Å². The van der Waals surface area contributed by atoms with Crippen LogP contribution in [0.4, 0.5) is 0 Å². The maximum Gasteiger partial charge on any atom is 0.0936 e. The minimum absolute atomic E-state index is 0.789. The predicted octanol–water partition coefficient (Wildman–Crippen LogP) is 14.3. The molecule has 0 fully saturated rings. The van der Waals surface area contributed by atoms with E-state index in [1.807, 2.05) is 48.5 Å². The Labute approximate surface area is 361 Å². The summed E-state index contributed by atoms with van der Waals surface area (Å²) in [6.45, 7) is 0. The second-order valence-corrected chi connectivity index (χ2v) is 15.1. The van der Waals surface area contributed by atoms with Crippen LogP contribution in [-0.2, 0) is 0 Å². The van der Waals surface area contributed by atoms with Crippen LogP contribution in [0.1, 0.15) is 5.56 Å². The van der Waals surface area contributed by atoms with Crippen LogP contribution in [-0.4, -0.2) is 20.4 Å². The van der Waals surface area contributed by atoms with Gasteiger partial charge in [-0.15, -0.1) is 26.8 Å². The summed E-state index contributed by atoms with van der Waals surface area (Å²) in [5.41, 5.74) is 18.9. The van der Waals surface area contributed by atoms with E-state index >= 15 is 0 Å². The Morgan fingerprint density at radius 3 is 1.03 bits per heavy atom. The molecule has 290 valence electrons. The van der Waals surface area contributed by atoms with Crippen molar-refractivity contribution in [3.8, 4) is 113 Å². The van der Waals surface area contributed by atoms with Crippen molar-refractivity contribution in [1.82, 2.24) is 20.4 Å². The molecule has 2 aromatic heterocycles. The molecule has 10 rings (SSSR count). The standard InChI is InChI=1S/C58H38N4/c1-2-40-14-13-19-47(36-40)48-37-49(51-20-9-11-22-53(51)57-34-32-55(59-61-57)45-28-24-43(25-29-45)41-15-5-3-6-16-41)39-50(38-48)52-21-10-12-23-54(52)58-35-33-56(60-62-58)46-30-26-44(27-31-46)42-17-7-4-8-18-42/h1,3-39H. The van der Waals surface area contributed by atoms with Crippen LogP contribution in [0.5, 0.6) is 0 Å². The van der Waals surface area contributed by atoms with Crippen LogP contribution >= 0.6 is 0 Å². The Bertz CT molecular complexity index is 3000. The quantitative estimate of drug-likeness (QED) is 0.137. The molecule has 0 saturated carbocycles. The lowest BCUT2D eigenvalue weighted by Gasteiger charge is -2.16. The Morgan fingerprint density at radius 1 is 0.242 bits per heavy atom. The molecule has 10 aromatic rings. The van der Waals surface area contributed by atoms with Crippen molar-refractivity contribution >= 4 is 0 Å². The van der Waals surface area contributed by atoms with Crippen LogP contribution in [0.3, 0.4) is 0 Å². The minimum Gasteiger partial charge on any atom is -0.150 e. The van der Waals surface area contributed by atoms with Crippen molar-refractivity contribution < 1.29 is 0 Å². The third kappa shape index (κ3) is 7.82. The fourth-order valence-corrected chi connectivity index (χ4v) is 8.00. The molecular weight excluding hydrogens is 753 g/mol. The molecule has 0 saturated heterocycles. The van der Waals surface area contributed by atoms with Gasteiger partial charge >= 0.3 is 0 Å². The molecule has 62 heavy (non-hydrogen) atoms. The highest BCUT2D eigenvalue weighted by atomic mass is 15.1. The number of terminal acetylenes is 1. The van der Waals surface area contributed by atoms with Gasteiger partial charge in [0.2, 0.25) is 0 Å². The van der Waals surface area contributed by atoms with Crippen molar-refractivity contribution in [3.63, 3.8) is 0 Å². The maximum atomic E-state index is 5.89. The van der Waals surface area contributed by atoms with E-state index in [2.05, 4.69) is 182 Å². The molecule has 0 aliphatic rings. The Kier molecular flexibility index (Phi) is 10.3. The van der Waals surface area contributed by atoms with Crippen LogP contribution in [0.2, 0.25) is 0 Å². The number of aromatic nitrogens is 4.